The van der Waals surface area contributed by atoms with Gasteiger partial charge in [0.1, 0.15) is 0 Å². The van der Waals surface area contributed by atoms with Gasteiger partial charge in [-0.1, -0.05) is 0 Å². The van der Waals surface area contributed by atoms with Crippen molar-refractivity contribution in [1.29, 1.82) is 0 Å². The van der Waals surface area contributed by atoms with Gasteiger partial charge >= 0.3 is 5.97 Å². The molecule has 5 nitrogen and oxygen atoms in total. The molecule has 0 amide bonds. The number of hydrogen-bond donors (Lipinski definition) is 3. The summed E-state index contributed by atoms with van der Waals surface area (Å²) in [5.41, 5.74) is 5.22. The molecule has 67 valence electrons. The van der Waals surface area contributed by atoms with E-state index >= 15 is 0 Å². The van der Waals surface area contributed by atoms with Gasteiger partial charge in [0.2, 0.25) is 0 Å². The van der Waals surface area contributed by atoms with Crippen molar-refractivity contribution < 1.29 is 15.0 Å². The van der Waals surface area contributed by atoms with Gasteiger partial charge in [-0.25, -0.2) is 0 Å². The van der Waals surface area contributed by atoms with Crippen LogP contribution in [0.5, 0.6) is 0 Å². The molecule has 12 heavy (non-hydrogen) atoms. The quantitative estimate of drug-likeness (QED) is 0.414. The molecule has 0 saturated heterocycles. The Balaban J connectivity index is 0. The molecule has 0 aromatic rings. The summed E-state index contributed by atoms with van der Waals surface area (Å²) in [4.78, 5) is 11.8. The Kier molecular flexibility index (Phi) is 11.7. The summed E-state index contributed by atoms with van der Waals surface area (Å²) in [7, 11) is 0. The van der Waals surface area contributed by atoms with E-state index in [0.717, 1.165) is 0 Å². The zero-order valence-corrected chi connectivity index (χ0v) is 9.36. The summed E-state index contributed by atoms with van der Waals surface area (Å²) < 4.78 is 0. The van der Waals surface area contributed by atoms with Crippen molar-refractivity contribution in [3.05, 3.63) is 0 Å². The number of carboxylic acids is 1. The van der Waals surface area contributed by atoms with Crippen LogP contribution in [-0.2, 0) is 4.79 Å². The van der Waals surface area contributed by atoms with Crippen LogP contribution in [0.15, 0.2) is 0 Å². The molecule has 0 spiro atoms. The Bertz CT molecular complexity index is 117. The van der Waals surface area contributed by atoms with E-state index in [9.17, 15) is 4.79 Å². The molecule has 0 aliphatic rings. The Labute approximate surface area is 93.8 Å². The Morgan fingerprint density at radius 2 is 2.00 bits per heavy atom. The predicted molar refractivity (Wildman–Crippen MR) is 46.0 cm³/mol. The summed E-state index contributed by atoms with van der Waals surface area (Å²) in [6.45, 7) is 1.19. The second-order valence-electron chi connectivity index (χ2n) is 2.18. The monoisotopic (exact) mass is 185 g/mol. The van der Waals surface area contributed by atoms with Gasteiger partial charge in [-0.05, 0) is 0 Å². The Hall–Kier alpha value is 0.350. The predicted octanol–water partition coefficient (Wildman–Crippen LogP) is -2.06. The largest absolute Gasteiger partial charge is 0.480 e. The van der Waals surface area contributed by atoms with Gasteiger partial charge in [-0.15, -0.1) is 0 Å². The summed E-state index contributed by atoms with van der Waals surface area (Å²) >= 11 is 0. The molecular weight excluding hydrogens is 171 g/mol. The van der Waals surface area contributed by atoms with Crippen LogP contribution in [-0.4, -0.2) is 83.4 Å². The Morgan fingerprint density at radius 3 is 2.33 bits per heavy atom. The van der Waals surface area contributed by atoms with Crippen molar-refractivity contribution in [2.75, 3.05) is 32.8 Å². The van der Waals surface area contributed by atoms with E-state index in [1.165, 1.54) is 0 Å². The fraction of sp³-hybridized carbons (Fsp3) is 0.833. The van der Waals surface area contributed by atoms with Crippen molar-refractivity contribution in [1.82, 2.24) is 4.90 Å². The van der Waals surface area contributed by atoms with Crippen LogP contribution in [0, 0.1) is 0 Å². The molecule has 0 saturated carbocycles. The van der Waals surface area contributed by atoms with Gasteiger partial charge in [0.25, 0.3) is 0 Å². The van der Waals surface area contributed by atoms with Crippen LogP contribution in [0.25, 0.3) is 0 Å². The molecule has 1 radical (unpaired) electrons. The van der Waals surface area contributed by atoms with Crippen molar-refractivity contribution in [3.63, 3.8) is 0 Å². The van der Waals surface area contributed by atoms with Crippen molar-refractivity contribution in [2.24, 2.45) is 5.73 Å². The molecule has 0 aromatic carbocycles. The molecule has 0 aromatic heterocycles. The van der Waals surface area contributed by atoms with E-state index in [1.807, 2.05) is 0 Å². The SMILES string of the molecule is NCCN(CCO)CC(=O)O.[Na]. The number of nitrogens with zero attached hydrogens (tertiary/aromatic N) is 1. The third kappa shape index (κ3) is 8.45. The number of hydrogen-bond acceptors (Lipinski definition) is 4. The summed E-state index contributed by atoms with van der Waals surface area (Å²) in [6.07, 6.45) is 0. The maximum absolute atomic E-state index is 10.2. The van der Waals surface area contributed by atoms with Crippen molar-refractivity contribution in [3.8, 4) is 0 Å². The third-order valence-corrected chi connectivity index (χ3v) is 1.22. The van der Waals surface area contributed by atoms with E-state index in [2.05, 4.69) is 0 Å². The average Bonchev–Trinajstić information content (AvgIpc) is 1.87. The molecule has 6 heteroatoms. The number of nitrogens with two attached hydrogens (primary N) is 1. The maximum Gasteiger partial charge on any atom is 0.317 e. The standard InChI is InChI=1S/C6H14N2O3.Na/c7-1-2-8(3-4-9)5-6(10)11;/h9H,1-5,7H2,(H,10,11);. The van der Waals surface area contributed by atoms with Crippen LogP contribution in [0.3, 0.4) is 0 Å². The van der Waals surface area contributed by atoms with Crippen molar-refractivity contribution in [2.45, 2.75) is 0 Å². The van der Waals surface area contributed by atoms with Crippen LogP contribution in [0.1, 0.15) is 0 Å². The van der Waals surface area contributed by atoms with E-state index in [-0.39, 0.29) is 42.7 Å². The molecule has 0 fully saturated rings. The van der Waals surface area contributed by atoms with Crippen LogP contribution in [0.4, 0.5) is 0 Å². The molecule has 4 N–H and O–H groups in total. The van der Waals surface area contributed by atoms with E-state index in [1.54, 1.807) is 4.90 Å². The first-order chi connectivity index (χ1) is 5.20. The zero-order chi connectivity index (χ0) is 8.69. The maximum atomic E-state index is 10.2. The second kappa shape index (κ2) is 9.44. The first-order valence-corrected chi connectivity index (χ1v) is 3.45. The van der Waals surface area contributed by atoms with Crippen LogP contribution in [0.2, 0.25) is 0 Å². The molecule has 0 aliphatic carbocycles. The minimum atomic E-state index is -0.896. The van der Waals surface area contributed by atoms with Gasteiger partial charge in [0.15, 0.2) is 0 Å². The van der Waals surface area contributed by atoms with Gasteiger partial charge < -0.3 is 15.9 Å². The average molecular weight is 185 g/mol. The molecule has 0 aliphatic heterocycles. The fourth-order valence-corrected chi connectivity index (χ4v) is 0.785. The van der Waals surface area contributed by atoms with E-state index < -0.39 is 5.97 Å². The van der Waals surface area contributed by atoms with Gasteiger partial charge in [-0.2, -0.15) is 0 Å². The molecule has 0 rings (SSSR count). The number of aliphatic carboxylic acids is 1. The number of aliphatic hydroxyl groups excluding tert-OH is 1. The molecule has 0 atom stereocenters. The van der Waals surface area contributed by atoms with E-state index in [0.29, 0.717) is 19.6 Å². The minimum absolute atomic E-state index is 0. The zero-order valence-electron chi connectivity index (χ0n) is 7.36. The third-order valence-electron chi connectivity index (χ3n) is 1.22. The van der Waals surface area contributed by atoms with Gasteiger partial charge in [0.05, 0.1) is 13.2 Å². The topological polar surface area (TPSA) is 86.8 Å². The van der Waals surface area contributed by atoms with E-state index in [4.69, 9.17) is 15.9 Å². The van der Waals surface area contributed by atoms with Gasteiger partial charge in [0, 0.05) is 49.2 Å². The van der Waals surface area contributed by atoms with Crippen LogP contribution < -0.4 is 5.73 Å². The summed E-state index contributed by atoms with van der Waals surface area (Å²) in [5, 5.41) is 16.9. The second-order valence-corrected chi connectivity index (χ2v) is 2.18. The minimum Gasteiger partial charge on any atom is -0.480 e. The molecule has 0 unspecified atom stereocenters. The Morgan fingerprint density at radius 1 is 1.42 bits per heavy atom. The van der Waals surface area contributed by atoms with Crippen LogP contribution >= 0.6 is 0 Å². The first kappa shape index (κ1) is 14.9. The smallest absolute Gasteiger partial charge is 0.317 e. The van der Waals surface area contributed by atoms with Gasteiger partial charge in [-0.3, -0.25) is 9.69 Å². The first-order valence-electron chi connectivity index (χ1n) is 3.45. The summed E-state index contributed by atoms with van der Waals surface area (Å²) in [5.74, 6) is -0.896. The van der Waals surface area contributed by atoms with Crippen molar-refractivity contribution >= 4 is 35.5 Å². The number of rotatable bonds is 6. The molecule has 0 bridgehead atoms. The normalized spacial score (nSPS) is 9.58. The number of aliphatic hydroxyl groups is 1. The number of carboxylic acid groups (broad SMARTS) is 1. The fourth-order valence-electron chi connectivity index (χ4n) is 0.785. The number of carbonyl (C=O) groups is 1. The molecule has 0 heterocycles. The summed E-state index contributed by atoms with van der Waals surface area (Å²) in [6, 6.07) is 0. The molecular formula is C6H14N2NaO3.